The maximum atomic E-state index is 12.9. The van der Waals surface area contributed by atoms with Crippen LogP contribution in [0.15, 0.2) is 133 Å². The van der Waals surface area contributed by atoms with Crippen LogP contribution in [0, 0.1) is 13.8 Å². The molecule has 0 aliphatic carbocycles. The van der Waals surface area contributed by atoms with Gasteiger partial charge in [-0.15, -0.1) is 0 Å². The number of carbonyl (C=O) groups excluding carboxylic acids is 1. The summed E-state index contributed by atoms with van der Waals surface area (Å²) in [4.78, 5) is 15.2. The number of hydrogen-bond donors (Lipinski definition) is 2. The highest BCUT2D eigenvalue weighted by molar-refractivity contribution is 6.08. The minimum atomic E-state index is -0.332. The highest BCUT2D eigenvalue weighted by Crippen LogP contribution is 2.35. The molecule has 0 unspecified atom stereocenters. The first-order valence-electron chi connectivity index (χ1n) is 14.6. The van der Waals surface area contributed by atoms with E-state index in [0.717, 1.165) is 40.7 Å². The van der Waals surface area contributed by atoms with Crippen LogP contribution in [0.25, 0.3) is 10.8 Å². The number of carbonyl (C=O) groups is 1. The third-order valence-corrected chi connectivity index (χ3v) is 7.80. The summed E-state index contributed by atoms with van der Waals surface area (Å²) in [6.07, 6.45) is 1.80. The van der Waals surface area contributed by atoms with Crippen molar-refractivity contribution in [2.75, 3.05) is 10.2 Å². The molecule has 0 radical (unpaired) electrons. The van der Waals surface area contributed by atoms with Crippen molar-refractivity contribution in [1.82, 2.24) is 0 Å². The van der Waals surface area contributed by atoms with Crippen molar-refractivity contribution in [3.05, 3.63) is 161 Å². The molecule has 43 heavy (non-hydrogen) atoms. The molecule has 0 aliphatic heterocycles. The van der Waals surface area contributed by atoms with Crippen molar-refractivity contribution in [3.8, 4) is 5.75 Å². The van der Waals surface area contributed by atoms with Gasteiger partial charge in [-0.25, -0.2) is 0 Å². The van der Waals surface area contributed by atoms with Gasteiger partial charge in [-0.2, -0.15) is 0 Å². The van der Waals surface area contributed by atoms with Gasteiger partial charge in [0.1, 0.15) is 5.75 Å². The molecule has 0 atom stereocenters. The Labute approximate surface area is 252 Å². The van der Waals surface area contributed by atoms with Crippen molar-refractivity contribution < 1.29 is 9.90 Å². The van der Waals surface area contributed by atoms with Crippen LogP contribution in [0.4, 0.5) is 22.7 Å². The summed E-state index contributed by atoms with van der Waals surface area (Å²) in [5, 5.41) is 15.1. The number of phenols is 1. The highest BCUT2D eigenvalue weighted by Gasteiger charge is 2.14. The van der Waals surface area contributed by atoms with Crippen molar-refractivity contribution in [3.63, 3.8) is 0 Å². The molecule has 1 amide bonds. The molecule has 0 saturated carbocycles. The Morgan fingerprint density at radius 3 is 1.56 bits per heavy atom. The second-order valence-corrected chi connectivity index (χ2v) is 11.0. The maximum absolute atomic E-state index is 12.9. The minimum Gasteiger partial charge on any atom is -0.507 e. The minimum absolute atomic E-state index is 0.0281. The molecule has 2 N–H and O–H groups in total. The number of aryl methyl sites for hydroxylation is 4. The van der Waals surface area contributed by atoms with Gasteiger partial charge in [-0.1, -0.05) is 83.9 Å². The van der Waals surface area contributed by atoms with Gasteiger partial charge in [0.15, 0.2) is 0 Å². The summed E-state index contributed by atoms with van der Waals surface area (Å²) in [5.41, 5.74) is 9.26. The van der Waals surface area contributed by atoms with Gasteiger partial charge in [0.05, 0.1) is 5.56 Å². The average Bonchev–Trinajstić information content (AvgIpc) is 3.03. The molecule has 0 bridgehead atoms. The smallest absolute Gasteiger partial charge is 0.259 e. The van der Waals surface area contributed by atoms with E-state index in [2.05, 4.69) is 96.9 Å². The van der Waals surface area contributed by atoms with Crippen molar-refractivity contribution in [2.45, 2.75) is 26.7 Å². The van der Waals surface area contributed by atoms with E-state index >= 15 is 0 Å². The fraction of sp³-hybridized carbons (Fsp3) is 0.103. The van der Waals surface area contributed by atoms with Crippen LogP contribution in [-0.2, 0) is 12.8 Å². The van der Waals surface area contributed by atoms with Gasteiger partial charge in [-0.3, -0.25) is 4.79 Å². The second-order valence-electron chi connectivity index (χ2n) is 11.0. The Morgan fingerprint density at radius 1 is 0.605 bits per heavy atom. The molecule has 0 spiro atoms. The summed E-state index contributed by atoms with van der Waals surface area (Å²) in [7, 11) is 0. The Hall–Kier alpha value is -5.35. The van der Waals surface area contributed by atoms with Gasteiger partial charge >= 0.3 is 0 Å². The number of aromatic hydroxyl groups is 1. The average molecular weight is 563 g/mol. The molecule has 6 rings (SSSR count). The standard InChI is InChI=1S/C39H34N2O2/c1-27-7-19-34(20-8-27)41(35-21-9-28(2)10-22-35)36-23-15-30(16-24-36)12-11-29-13-17-33(18-14-29)40-39(43)37-25-31-5-3-4-6-32(31)26-38(37)42/h3-10,13-26,42H,11-12H2,1-2H3,(H,40,43). The van der Waals surface area contributed by atoms with E-state index in [1.807, 2.05) is 48.5 Å². The zero-order valence-electron chi connectivity index (χ0n) is 24.4. The fourth-order valence-corrected chi connectivity index (χ4v) is 5.30. The zero-order valence-corrected chi connectivity index (χ0v) is 24.4. The van der Waals surface area contributed by atoms with Crippen molar-refractivity contribution >= 4 is 39.4 Å². The number of rotatable bonds is 8. The lowest BCUT2D eigenvalue weighted by Gasteiger charge is -2.26. The molecule has 0 aliphatic rings. The van der Waals surface area contributed by atoms with Gasteiger partial charge in [0.25, 0.3) is 5.91 Å². The molecule has 212 valence electrons. The third kappa shape index (κ3) is 6.44. The third-order valence-electron chi connectivity index (χ3n) is 7.80. The molecule has 6 aromatic carbocycles. The lowest BCUT2D eigenvalue weighted by molar-refractivity contribution is 0.102. The van der Waals surface area contributed by atoms with Crippen LogP contribution in [0.1, 0.15) is 32.6 Å². The Balaban J connectivity index is 1.11. The van der Waals surface area contributed by atoms with Crippen LogP contribution in [0.2, 0.25) is 0 Å². The van der Waals surface area contributed by atoms with E-state index in [4.69, 9.17) is 0 Å². The van der Waals surface area contributed by atoms with Crippen LogP contribution >= 0.6 is 0 Å². The normalized spacial score (nSPS) is 10.9. The Kier molecular flexibility index (Phi) is 7.92. The Bertz CT molecular complexity index is 1810. The van der Waals surface area contributed by atoms with E-state index < -0.39 is 0 Å². The molecule has 0 fully saturated rings. The van der Waals surface area contributed by atoms with E-state index in [0.29, 0.717) is 5.69 Å². The SMILES string of the molecule is Cc1ccc(N(c2ccc(C)cc2)c2ccc(CCc3ccc(NC(=O)c4cc5ccccc5cc4O)cc3)cc2)cc1. The van der Waals surface area contributed by atoms with Gasteiger partial charge in [0.2, 0.25) is 0 Å². The van der Waals surface area contributed by atoms with E-state index in [-0.39, 0.29) is 17.2 Å². The lowest BCUT2D eigenvalue weighted by Crippen LogP contribution is -2.12. The first-order valence-corrected chi connectivity index (χ1v) is 14.6. The van der Waals surface area contributed by atoms with Crippen LogP contribution < -0.4 is 10.2 Å². The maximum Gasteiger partial charge on any atom is 0.259 e. The number of nitrogens with one attached hydrogen (secondary N) is 1. The summed E-state index contributed by atoms with van der Waals surface area (Å²) in [6, 6.07) is 45.0. The number of hydrogen-bond acceptors (Lipinski definition) is 3. The number of fused-ring (bicyclic) bond motifs is 1. The van der Waals surface area contributed by atoms with Crippen molar-refractivity contribution in [1.29, 1.82) is 0 Å². The first kappa shape index (κ1) is 27.8. The predicted molar refractivity (Wildman–Crippen MR) is 178 cm³/mol. The number of benzene rings is 6. The zero-order chi connectivity index (χ0) is 29.8. The monoisotopic (exact) mass is 562 g/mol. The summed E-state index contributed by atoms with van der Waals surface area (Å²) >= 11 is 0. The van der Waals surface area contributed by atoms with E-state index in [1.54, 1.807) is 12.1 Å². The largest absolute Gasteiger partial charge is 0.507 e. The highest BCUT2D eigenvalue weighted by atomic mass is 16.3. The number of phenolic OH excluding ortho intramolecular Hbond substituents is 1. The number of nitrogens with zero attached hydrogens (tertiary/aromatic N) is 1. The quantitative estimate of drug-likeness (QED) is 0.194. The fourth-order valence-electron chi connectivity index (χ4n) is 5.30. The summed E-state index contributed by atoms with van der Waals surface area (Å²) in [5.74, 6) is -0.360. The molecule has 6 aromatic rings. The second kappa shape index (κ2) is 12.3. The van der Waals surface area contributed by atoms with Gasteiger partial charge in [-0.05, 0) is 109 Å². The summed E-state index contributed by atoms with van der Waals surface area (Å²) in [6.45, 7) is 4.21. The van der Waals surface area contributed by atoms with Crippen LogP contribution in [0.3, 0.4) is 0 Å². The molecular formula is C39H34N2O2. The number of anilines is 4. The molecule has 0 saturated heterocycles. The van der Waals surface area contributed by atoms with E-state index in [1.165, 1.54) is 22.3 Å². The van der Waals surface area contributed by atoms with Gasteiger partial charge < -0.3 is 15.3 Å². The van der Waals surface area contributed by atoms with Gasteiger partial charge in [0, 0.05) is 22.7 Å². The van der Waals surface area contributed by atoms with Crippen LogP contribution in [0.5, 0.6) is 5.75 Å². The molecule has 4 nitrogen and oxygen atoms in total. The predicted octanol–water partition coefficient (Wildman–Crippen LogP) is 9.67. The lowest BCUT2D eigenvalue weighted by atomic mass is 10.0. The number of amides is 1. The topological polar surface area (TPSA) is 52.6 Å². The molecule has 4 heteroatoms. The van der Waals surface area contributed by atoms with E-state index in [9.17, 15) is 9.90 Å². The molecular weight excluding hydrogens is 528 g/mol. The molecule has 0 aromatic heterocycles. The molecule has 0 heterocycles. The Morgan fingerprint density at radius 2 is 1.05 bits per heavy atom. The van der Waals surface area contributed by atoms with Crippen LogP contribution in [-0.4, -0.2) is 11.0 Å². The summed E-state index contributed by atoms with van der Waals surface area (Å²) < 4.78 is 0. The van der Waals surface area contributed by atoms with Crippen molar-refractivity contribution in [2.24, 2.45) is 0 Å². The first-order chi connectivity index (χ1) is 20.9.